The quantitative estimate of drug-likeness (QED) is 0.560. The summed E-state index contributed by atoms with van der Waals surface area (Å²) in [6.45, 7) is 6.79. The minimum atomic E-state index is -1.02. The molecule has 1 saturated carbocycles. The highest BCUT2D eigenvalue weighted by molar-refractivity contribution is 8.02. The van der Waals surface area contributed by atoms with Gasteiger partial charge in [0.25, 0.3) is 0 Å². The average Bonchev–Trinajstić information content (AvgIpc) is 3.40. The summed E-state index contributed by atoms with van der Waals surface area (Å²) in [5.41, 5.74) is 0.269. The van der Waals surface area contributed by atoms with Crippen LogP contribution in [0.4, 0.5) is 16.5 Å². The van der Waals surface area contributed by atoms with E-state index < -0.39 is 10.8 Å². The van der Waals surface area contributed by atoms with Crippen LogP contribution in [0.3, 0.4) is 0 Å². The molecule has 1 unspecified atom stereocenters. The Hall–Kier alpha value is -2.46. The van der Waals surface area contributed by atoms with Crippen molar-refractivity contribution in [1.29, 1.82) is 0 Å². The molecule has 30 heavy (non-hydrogen) atoms. The van der Waals surface area contributed by atoms with Gasteiger partial charge in [-0.05, 0) is 45.7 Å². The maximum absolute atomic E-state index is 13.4. The van der Waals surface area contributed by atoms with E-state index in [0.29, 0.717) is 20.8 Å². The van der Waals surface area contributed by atoms with Crippen LogP contribution in [0, 0.1) is 0 Å². The number of carbonyl (C=O) groups is 3. The minimum absolute atomic E-state index is 0.0491. The monoisotopic (exact) mass is 445 g/mol. The van der Waals surface area contributed by atoms with Crippen molar-refractivity contribution in [3.63, 3.8) is 0 Å². The molecule has 0 saturated heterocycles. The average molecular weight is 446 g/mol. The van der Waals surface area contributed by atoms with Gasteiger partial charge in [-0.1, -0.05) is 35.2 Å². The molecular weight excluding hydrogens is 422 g/mol. The zero-order chi connectivity index (χ0) is 21.6. The number of benzene rings is 1. The molecule has 0 spiro atoms. The summed E-state index contributed by atoms with van der Waals surface area (Å²) in [6, 6.07) is 7.48. The lowest BCUT2D eigenvalue weighted by atomic mass is 9.96. The number of amides is 3. The molecule has 1 aromatic heterocycles. The van der Waals surface area contributed by atoms with Gasteiger partial charge in [0.2, 0.25) is 22.9 Å². The number of hydrogen-bond donors (Lipinski definition) is 1. The van der Waals surface area contributed by atoms with Crippen molar-refractivity contribution in [1.82, 2.24) is 10.2 Å². The van der Waals surface area contributed by atoms with Crippen LogP contribution in [-0.2, 0) is 14.4 Å². The Kier molecular flexibility index (Phi) is 5.31. The number of nitrogens with zero attached hydrogens (tertiary/aromatic N) is 4. The third-order valence-corrected chi connectivity index (χ3v) is 7.30. The highest BCUT2D eigenvalue weighted by atomic mass is 32.2. The van der Waals surface area contributed by atoms with Crippen molar-refractivity contribution in [3.8, 4) is 0 Å². The van der Waals surface area contributed by atoms with Crippen LogP contribution in [-0.4, -0.2) is 44.7 Å². The number of anilines is 3. The molecule has 1 aliphatic heterocycles. The Morgan fingerprint density at radius 2 is 2.00 bits per heavy atom. The minimum Gasteiger partial charge on any atom is -0.322 e. The smallest absolute Gasteiger partial charge is 0.250 e. The van der Waals surface area contributed by atoms with Crippen molar-refractivity contribution in [2.24, 2.45) is 0 Å². The van der Waals surface area contributed by atoms with Gasteiger partial charge in [0.15, 0.2) is 4.34 Å². The Balaban J connectivity index is 1.55. The molecule has 2 aromatic rings. The molecule has 1 N–H and O–H groups in total. The second kappa shape index (κ2) is 7.66. The van der Waals surface area contributed by atoms with Crippen LogP contribution in [0.25, 0.3) is 0 Å². The van der Waals surface area contributed by atoms with Crippen LogP contribution in [0.5, 0.6) is 0 Å². The highest BCUT2D eigenvalue weighted by Crippen LogP contribution is 2.40. The number of nitrogens with one attached hydrogen (secondary N) is 1. The summed E-state index contributed by atoms with van der Waals surface area (Å²) in [6.07, 6.45) is 1.95. The van der Waals surface area contributed by atoms with E-state index in [9.17, 15) is 14.4 Å². The summed E-state index contributed by atoms with van der Waals surface area (Å²) >= 11 is 2.60. The van der Waals surface area contributed by atoms with Gasteiger partial charge in [0.1, 0.15) is 5.54 Å². The number of rotatable bonds is 5. The normalized spacial score (nSPS) is 18.4. The Labute approximate surface area is 183 Å². The third kappa shape index (κ3) is 3.69. The third-order valence-electron chi connectivity index (χ3n) is 5.21. The fourth-order valence-corrected chi connectivity index (χ4v) is 5.60. The summed E-state index contributed by atoms with van der Waals surface area (Å²) in [7, 11) is 0. The summed E-state index contributed by atoms with van der Waals surface area (Å²) in [5, 5.41) is 11.3. The first kappa shape index (κ1) is 20.8. The van der Waals surface area contributed by atoms with Crippen molar-refractivity contribution in [3.05, 3.63) is 24.3 Å². The molecular formula is C20H23N5O3S2. The molecule has 10 heteroatoms. The van der Waals surface area contributed by atoms with Gasteiger partial charge in [-0.2, -0.15) is 0 Å². The van der Waals surface area contributed by atoms with Crippen LogP contribution >= 0.6 is 23.1 Å². The van der Waals surface area contributed by atoms with Crippen molar-refractivity contribution in [2.75, 3.05) is 15.1 Å². The molecule has 1 fully saturated rings. The van der Waals surface area contributed by atoms with E-state index in [1.54, 1.807) is 36.6 Å². The number of hydrogen-bond acceptors (Lipinski definition) is 7. The van der Waals surface area contributed by atoms with E-state index in [1.165, 1.54) is 30.0 Å². The predicted octanol–water partition coefficient (Wildman–Crippen LogP) is 3.30. The van der Waals surface area contributed by atoms with E-state index >= 15 is 0 Å². The molecule has 1 aromatic carbocycles. The van der Waals surface area contributed by atoms with Gasteiger partial charge >= 0.3 is 0 Å². The zero-order valence-electron chi connectivity index (χ0n) is 17.2. The van der Waals surface area contributed by atoms with Gasteiger partial charge in [-0.3, -0.25) is 24.2 Å². The zero-order valence-corrected chi connectivity index (χ0v) is 18.8. The lowest BCUT2D eigenvalue weighted by molar-refractivity contribution is -0.126. The summed E-state index contributed by atoms with van der Waals surface area (Å²) in [5.74, 6) is -0.465. The Morgan fingerprint density at radius 1 is 1.30 bits per heavy atom. The molecule has 2 aliphatic rings. The first-order valence-corrected chi connectivity index (χ1v) is 11.4. The number of para-hydroxylation sites is 2. The summed E-state index contributed by atoms with van der Waals surface area (Å²) in [4.78, 5) is 41.2. The van der Waals surface area contributed by atoms with E-state index in [2.05, 4.69) is 15.5 Å². The van der Waals surface area contributed by atoms with E-state index in [1.807, 2.05) is 18.2 Å². The Morgan fingerprint density at radius 3 is 2.67 bits per heavy atom. The van der Waals surface area contributed by atoms with Gasteiger partial charge in [-0.15, -0.1) is 10.2 Å². The topological polar surface area (TPSA) is 95.5 Å². The molecule has 1 aliphatic carbocycles. The molecule has 0 bridgehead atoms. The van der Waals surface area contributed by atoms with Crippen LogP contribution in [0.15, 0.2) is 28.6 Å². The maximum atomic E-state index is 13.4. The lowest BCUT2D eigenvalue weighted by Crippen LogP contribution is -2.60. The fraction of sp³-hybridized carbons (Fsp3) is 0.450. The number of carbonyl (C=O) groups excluding carboxylic acids is 3. The lowest BCUT2D eigenvalue weighted by Gasteiger charge is -2.42. The fourth-order valence-electron chi connectivity index (χ4n) is 3.46. The summed E-state index contributed by atoms with van der Waals surface area (Å²) < 4.78 is 0.616. The number of aromatic nitrogens is 2. The second-order valence-electron chi connectivity index (χ2n) is 7.93. The van der Waals surface area contributed by atoms with Gasteiger partial charge in [0, 0.05) is 13.0 Å². The van der Waals surface area contributed by atoms with Crippen molar-refractivity contribution >= 4 is 57.3 Å². The highest BCUT2D eigenvalue weighted by Gasteiger charge is 2.45. The van der Waals surface area contributed by atoms with Crippen molar-refractivity contribution < 1.29 is 14.4 Å². The van der Waals surface area contributed by atoms with Crippen LogP contribution < -0.4 is 15.1 Å². The maximum Gasteiger partial charge on any atom is 0.250 e. The van der Waals surface area contributed by atoms with Gasteiger partial charge in [-0.25, -0.2) is 0 Å². The first-order chi connectivity index (χ1) is 14.2. The van der Waals surface area contributed by atoms with E-state index in [-0.39, 0.29) is 23.8 Å². The number of thioether (sulfide) groups is 1. The van der Waals surface area contributed by atoms with Crippen molar-refractivity contribution in [2.45, 2.75) is 61.7 Å². The second-order valence-corrected chi connectivity index (χ2v) is 10.5. The SMILES string of the molecule is CC(=O)N(c1nnc(SC(C)C(=O)N2c3ccccc3NC(=O)C2(C)C)s1)C1CC1. The van der Waals surface area contributed by atoms with E-state index in [4.69, 9.17) is 0 Å². The molecule has 3 amide bonds. The molecule has 1 atom stereocenters. The number of fused-ring (bicyclic) bond motifs is 1. The molecule has 0 radical (unpaired) electrons. The van der Waals surface area contributed by atoms with Gasteiger partial charge in [0.05, 0.1) is 16.6 Å². The predicted molar refractivity (Wildman–Crippen MR) is 118 cm³/mol. The van der Waals surface area contributed by atoms with Crippen LogP contribution in [0.2, 0.25) is 0 Å². The standard InChI is InChI=1S/C20H23N5O3S2/c1-11(29-19-23-22-18(30-19)24(12(2)26)13-9-10-13)16(27)25-15-8-6-5-7-14(15)21-17(28)20(25,3)4/h5-8,11,13H,9-10H2,1-4H3,(H,21,28). The largest absolute Gasteiger partial charge is 0.322 e. The Bertz CT molecular complexity index is 1020. The molecule has 158 valence electrons. The first-order valence-electron chi connectivity index (χ1n) is 9.74. The van der Waals surface area contributed by atoms with E-state index in [0.717, 1.165) is 12.8 Å². The van der Waals surface area contributed by atoms with Crippen LogP contribution in [0.1, 0.15) is 40.5 Å². The molecule has 2 heterocycles. The van der Waals surface area contributed by atoms with Gasteiger partial charge < -0.3 is 5.32 Å². The molecule has 8 nitrogen and oxygen atoms in total. The molecule has 4 rings (SSSR count).